The Labute approximate surface area is 238 Å². The van der Waals surface area contributed by atoms with Crippen LogP contribution >= 0.6 is 0 Å². The first-order valence-electron chi connectivity index (χ1n) is 13.3. The fraction of sp³-hybridized carbons (Fsp3) is 0.250. The molecule has 0 fully saturated rings. The summed E-state index contributed by atoms with van der Waals surface area (Å²) < 4.78 is 11.1. The second-order valence-corrected chi connectivity index (χ2v) is 9.89. The summed E-state index contributed by atoms with van der Waals surface area (Å²) in [5.74, 6) is -1.96. The zero-order chi connectivity index (χ0) is 29.8. The van der Waals surface area contributed by atoms with E-state index in [4.69, 9.17) is 9.15 Å². The summed E-state index contributed by atoms with van der Waals surface area (Å²) in [6.45, 7) is 11.3. The van der Waals surface area contributed by atoms with Gasteiger partial charge < -0.3 is 19.8 Å². The van der Waals surface area contributed by atoms with Crippen LogP contribution in [0.15, 0.2) is 69.8 Å². The molecule has 212 valence electrons. The Bertz CT molecular complexity index is 1610. The maximum atomic E-state index is 13.6. The minimum atomic E-state index is -0.822. The van der Waals surface area contributed by atoms with Gasteiger partial charge in [0.15, 0.2) is 0 Å². The average molecular weight is 556 g/mol. The fourth-order valence-corrected chi connectivity index (χ4v) is 4.42. The summed E-state index contributed by atoms with van der Waals surface area (Å²) in [4.78, 5) is 52.6. The van der Waals surface area contributed by atoms with E-state index in [0.717, 1.165) is 22.3 Å². The summed E-state index contributed by atoms with van der Waals surface area (Å²) in [6.07, 6.45) is 1.48. The summed E-state index contributed by atoms with van der Waals surface area (Å²) >= 11 is 0. The lowest BCUT2D eigenvalue weighted by Crippen LogP contribution is -2.34. The molecule has 3 amide bonds. The minimum Gasteiger partial charge on any atom is -0.462 e. The Morgan fingerprint density at radius 2 is 1.56 bits per heavy atom. The Hall–Kier alpha value is -4.92. The number of anilines is 2. The zero-order valence-corrected chi connectivity index (χ0v) is 24.0. The molecule has 0 saturated carbocycles. The van der Waals surface area contributed by atoms with Gasteiger partial charge in [0, 0.05) is 17.1 Å². The van der Waals surface area contributed by atoms with Gasteiger partial charge in [-0.25, -0.2) is 4.79 Å². The molecule has 0 radical (unpaired) electrons. The van der Waals surface area contributed by atoms with Gasteiger partial charge in [0.1, 0.15) is 11.5 Å². The molecule has 0 spiro atoms. The van der Waals surface area contributed by atoms with Crippen LogP contribution in [-0.2, 0) is 30.5 Å². The first-order chi connectivity index (χ1) is 19.5. The topological polar surface area (TPSA) is 118 Å². The first-order valence-corrected chi connectivity index (χ1v) is 13.3. The second-order valence-electron chi connectivity index (χ2n) is 9.89. The van der Waals surface area contributed by atoms with Crippen LogP contribution in [0.25, 0.3) is 6.08 Å². The maximum absolute atomic E-state index is 13.6. The van der Waals surface area contributed by atoms with Crippen molar-refractivity contribution >= 4 is 41.1 Å². The van der Waals surface area contributed by atoms with Crippen LogP contribution in [0.3, 0.4) is 0 Å². The number of furan rings is 1. The third-order valence-corrected chi connectivity index (χ3v) is 6.99. The minimum absolute atomic E-state index is 0.0509. The maximum Gasteiger partial charge on any atom is 0.340 e. The Balaban J connectivity index is 1.51. The van der Waals surface area contributed by atoms with Crippen molar-refractivity contribution in [2.75, 3.05) is 16.8 Å². The monoisotopic (exact) mass is 555 g/mol. The normalized spacial score (nSPS) is 14.0. The molecule has 2 aromatic carbocycles. The molecule has 2 N–H and O–H groups in total. The molecule has 0 atom stereocenters. The summed E-state index contributed by atoms with van der Waals surface area (Å²) in [5.41, 5.74) is 6.08. The molecule has 0 bridgehead atoms. The van der Waals surface area contributed by atoms with Gasteiger partial charge in [-0.2, -0.15) is 0 Å². The quantitative estimate of drug-likeness (QED) is 0.240. The lowest BCUT2D eigenvalue weighted by atomic mass is 10.1. The molecule has 1 aromatic heterocycles. The number of esters is 1. The zero-order valence-electron chi connectivity index (χ0n) is 24.0. The molecule has 0 aliphatic carbocycles. The lowest BCUT2D eigenvalue weighted by molar-refractivity contribution is -0.138. The number of hydrogen-bond acceptors (Lipinski definition) is 6. The highest BCUT2D eigenvalue weighted by Crippen LogP contribution is 2.36. The Morgan fingerprint density at radius 1 is 0.878 bits per heavy atom. The molecule has 2 heterocycles. The van der Waals surface area contributed by atoms with E-state index in [1.165, 1.54) is 11.0 Å². The standard InChI is InChI=1S/C32H33N3O6/c1-7-40-32(39)28-22(6)35(24-11-9-19(3)21(5)15-24)31(38)27(28)16-25-12-13-26(41-25)17-33-29(36)30(37)34-23-10-8-18(2)20(4)14-23/h8-16H,7,17H2,1-6H3,(H,33,36)(H,34,37)/b27-16+. The summed E-state index contributed by atoms with van der Waals surface area (Å²) in [5, 5.41) is 5.10. The van der Waals surface area contributed by atoms with Gasteiger partial charge in [0.05, 0.1) is 24.3 Å². The van der Waals surface area contributed by atoms with E-state index in [-0.39, 0.29) is 30.2 Å². The van der Waals surface area contributed by atoms with Gasteiger partial charge in [0.25, 0.3) is 5.91 Å². The number of aryl methyl sites for hydroxylation is 4. The highest BCUT2D eigenvalue weighted by molar-refractivity contribution is 6.39. The van der Waals surface area contributed by atoms with E-state index in [1.807, 2.05) is 52.0 Å². The van der Waals surface area contributed by atoms with E-state index in [9.17, 15) is 19.2 Å². The van der Waals surface area contributed by atoms with Crippen molar-refractivity contribution < 1.29 is 28.3 Å². The van der Waals surface area contributed by atoms with Crippen molar-refractivity contribution in [3.8, 4) is 0 Å². The van der Waals surface area contributed by atoms with Crippen LogP contribution < -0.4 is 15.5 Å². The molecular formula is C32H33N3O6. The molecule has 3 aromatic rings. The van der Waals surface area contributed by atoms with E-state index in [2.05, 4.69) is 10.6 Å². The largest absolute Gasteiger partial charge is 0.462 e. The number of ether oxygens (including phenoxy) is 1. The smallest absolute Gasteiger partial charge is 0.340 e. The van der Waals surface area contributed by atoms with Gasteiger partial charge >= 0.3 is 17.8 Å². The van der Waals surface area contributed by atoms with Crippen molar-refractivity contribution in [3.63, 3.8) is 0 Å². The molecule has 0 unspecified atom stereocenters. The van der Waals surface area contributed by atoms with Gasteiger partial charge in [-0.05, 0) is 106 Å². The van der Waals surface area contributed by atoms with Gasteiger partial charge in [-0.15, -0.1) is 0 Å². The Kier molecular flexibility index (Phi) is 8.56. The van der Waals surface area contributed by atoms with Crippen LogP contribution in [0.4, 0.5) is 11.4 Å². The van der Waals surface area contributed by atoms with E-state index >= 15 is 0 Å². The number of hydrogen-bond donors (Lipinski definition) is 2. The molecule has 0 saturated heterocycles. The van der Waals surface area contributed by atoms with E-state index in [0.29, 0.717) is 28.6 Å². The molecule has 9 nitrogen and oxygen atoms in total. The SMILES string of the molecule is CCOC(=O)C1=C(C)N(c2ccc(C)c(C)c2)C(=O)/C1=C/c1ccc(CNC(=O)C(=O)Nc2ccc(C)c(C)c2)o1. The summed E-state index contributed by atoms with van der Waals surface area (Å²) in [7, 11) is 0. The predicted octanol–water partition coefficient (Wildman–Crippen LogP) is 5.04. The van der Waals surface area contributed by atoms with Crippen molar-refractivity contribution in [2.45, 2.75) is 48.1 Å². The van der Waals surface area contributed by atoms with Gasteiger partial charge in [-0.1, -0.05) is 12.1 Å². The number of benzene rings is 2. The van der Waals surface area contributed by atoms with E-state index in [1.54, 1.807) is 38.1 Å². The van der Waals surface area contributed by atoms with Crippen LogP contribution in [0.2, 0.25) is 0 Å². The average Bonchev–Trinajstić information content (AvgIpc) is 3.48. The lowest BCUT2D eigenvalue weighted by Gasteiger charge is -2.19. The highest BCUT2D eigenvalue weighted by atomic mass is 16.5. The van der Waals surface area contributed by atoms with Crippen LogP contribution in [0.5, 0.6) is 0 Å². The third-order valence-electron chi connectivity index (χ3n) is 6.99. The van der Waals surface area contributed by atoms with Crippen molar-refractivity contribution in [1.82, 2.24) is 5.32 Å². The van der Waals surface area contributed by atoms with Crippen molar-refractivity contribution in [1.29, 1.82) is 0 Å². The predicted molar refractivity (Wildman–Crippen MR) is 156 cm³/mol. The number of nitrogens with zero attached hydrogens (tertiary/aromatic N) is 1. The van der Waals surface area contributed by atoms with E-state index < -0.39 is 17.8 Å². The van der Waals surface area contributed by atoms with Gasteiger partial charge in [0.2, 0.25) is 0 Å². The van der Waals surface area contributed by atoms with Crippen molar-refractivity contribution in [2.24, 2.45) is 0 Å². The number of rotatable bonds is 7. The number of allylic oxidation sites excluding steroid dienone is 1. The fourth-order valence-electron chi connectivity index (χ4n) is 4.42. The number of carbonyl (C=O) groups is 4. The third kappa shape index (κ3) is 6.30. The highest BCUT2D eigenvalue weighted by Gasteiger charge is 2.38. The van der Waals surface area contributed by atoms with Crippen LogP contribution in [-0.4, -0.2) is 30.3 Å². The van der Waals surface area contributed by atoms with Crippen LogP contribution in [0.1, 0.15) is 47.6 Å². The number of amides is 3. The number of carbonyl (C=O) groups excluding carboxylic acids is 4. The van der Waals surface area contributed by atoms with Gasteiger partial charge in [-0.3, -0.25) is 19.3 Å². The molecule has 1 aliphatic heterocycles. The first kappa shape index (κ1) is 29.1. The molecule has 4 rings (SSSR count). The van der Waals surface area contributed by atoms with Crippen LogP contribution in [0, 0.1) is 27.7 Å². The second kappa shape index (κ2) is 12.1. The Morgan fingerprint density at radius 3 is 2.22 bits per heavy atom. The molecule has 1 aliphatic rings. The summed E-state index contributed by atoms with van der Waals surface area (Å²) in [6, 6.07) is 14.3. The van der Waals surface area contributed by atoms with Crippen molar-refractivity contribution in [3.05, 3.63) is 99.1 Å². The molecule has 41 heavy (non-hydrogen) atoms. The molecular weight excluding hydrogens is 522 g/mol. The molecule has 9 heteroatoms. The number of nitrogens with one attached hydrogen (secondary N) is 2.